The van der Waals surface area contributed by atoms with Crippen LogP contribution in [0.5, 0.6) is 0 Å². The van der Waals surface area contributed by atoms with E-state index in [0.717, 1.165) is 100 Å². The molecule has 0 bridgehead atoms. The maximum atomic E-state index is 7.90. The predicted molar refractivity (Wildman–Crippen MR) is 356 cm³/mol. The molecule has 6 aliphatic rings. The van der Waals surface area contributed by atoms with Crippen LogP contribution in [0.4, 0.5) is 45.5 Å². The summed E-state index contributed by atoms with van der Waals surface area (Å²) in [7, 11) is 0. The zero-order chi connectivity index (χ0) is 58.8. The second kappa shape index (κ2) is 17.4. The molecule has 428 valence electrons. The van der Waals surface area contributed by atoms with E-state index in [4.69, 9.17) is 8.83 Å². The molecule has 2 aromatic heterocycles. The van der Waals surface area contributed by atoms with Crippen molar-refractivity contribution in [2.45, 2.75) is 206 Å². The first-order valence-electron chi connectivity index (χ1n) is 31.8. The lowest BCUT2D eigenvalue weighted by Crippen LogP contribution is -2.60. The van der Waals surface area contributed by atoms with Gasteiger partial charge in [0.25, 0.3) is 0 Å². The zero-order valence-electron chi connectivity index (χ0n) is 53.1. The molecule has 1 fully saturated rings. The number of rotatable bonds is 4. The molecule has 2 unspecified atom stereocenters. The Hall–Kier alpha value is -6.92. The molecule has 2 atom stereocenters. The summed E-state index contributed by atoms with van der Waals surface area (Å²) in [6.45, 7) is 38.4. The summed E-state index contributed by atoms with van der Waals surface area (Å²) in [6, 6.07) is 52.6. The van der Waals surface area contributed by atoms with Crippen molar-refractivity contribution in [3.05, 3.63) is 172 Å². The van der Waals surface area contributed by atoms with E-state index in [0.29, 0.717) is 0 Å². The highest BCUT2D eigenvalue weighted by molar-refractivity contribution is 6.99. The van der Waals surface area contributed by atoms with Gasteiger partial charge in [-0.15, -0.1) is 0 Å². The molecule has 84 heavy (non-hydrogen) atoms. The van der Waals surface area contributed by atoms with E-state index in [1.807, 2.05) is 0 Å². The van der Waals surface area contributed by atoms with E-state index in [9.17, 15) is 0 Å². The van der Waals surface area contributed by atoms with E-state index in [2.05, 4.69) is 259 Å². The van der Waals surface area contributed by atoms with Gasteiger partial charge in [0, 0.05) is 50.2 Å². The fraction of sp³-hybridized carbons (Fsp3) is 0.410. The molecule has 3 aliphatic heterocycles. The number of fused-ring (bicyclic) bond motifs is 13. The van der Waals surface area contributed by atoms with Crippen molar-refractivity contribution in [2.75, 3.05) is 14.7 Å². The summed E-state index contributed by atoms with van der Waals surface area (Å²) >= 11 is 0. The fourth-order valence-corrected chi connectivity index (χ4v) is 17.0. The second-order valence-corrected chi connectivity index (χ2v) is 31.8. The van der Waals surface area contributed by atoms with Crippen LogP contribution in [-0.2, 0) is 37.9 Å². The minimum Gasteiger partial charge on any atom is -0.468 e. The summed E-state index contributed by atoms with van der Waals surface area (Å²) in [5.74, 6) is 0. The third kappa shape index (κ3) is 7.46. The first-order valence-corrected chi connectivity index (χ1v) is 31.8. The molecule has 0 spiro atoms. The molecule has 0 saturated heterocycles. The van der Waals surface area contributed by atoms with E-state index in [-0.39, 0.29) is 50.2 Å². The molecule has 15 rings (SSSR count). The topological polar surface area (TPSA) is 36.0 Å². The van der Waals surface area contributed by atoms with Crippen molar-refractivity contribution >= 4 is 90.9 Å². The molecule has 5 nitrogen and oxygen atoms in total. The molecule has 1 saturated carbocycles. The molecule has 0 radical (unpaired) electrons. The van der Waals surface area contributed by atoms with Crippen molar-refractivity contribution in [1.82, 2.24) is 0 Å². The highest BCUT2D eigenvalue weighted by Gasteiger charge is 2.59. The van der Waals surface area contributed by atoms with Crippen molar-refractivity contribution in [3.63, 3.8) is 0 Å². The van der Waals surface area contributed by atoms with Gasteiger partial charge in [-0.25, -0.2) is 0 Å². The van der Waals surface area contributed by atoms with Crippen molar-refractivity contribution in [1.29, 1.82) is 0 Å². The number of anilines is 8. The van der Waals surface area contributed by atoms with Crippen LogP contribution in [0.1, 0.15) is 201 Å². The van der Waals surface area contributed by atoms with Gasteiger partial charge < -0.3 is 23.5 Å². The lowest BCUT2D eigenvalue weighted by molar-refractivity contribution is 0.195. The van der Waals surface area contributed by atoms with Gasteiger partial charge in [0.05, 0.1) is 22.6 Å². The van der Waals surface area contributed by atoms with Crippen LogP contribution in [0.15, 0.2) is 142 Å². The van der Waals surface area contributed by atoms with Crippen molar-refractivity contribution < 1.29 is 8.83 Å². The van der Waals surface area contributed by atoms with Gasteiger partial charge in [-0.3, -0.25) is 0 Å². The Morgan fingerprint density at radius 3 is 1.46 bits per heavy atom. The van der Waals surface area contributed by atoms with Gasteiger partial charge >= 0.3 is 6.71 Å². The Balaban J connectivity index is 1.13. The van der Waals surface area contributed by atoms with E-state index in [1.165, 1.54) is 85.4 Å². The number of hydrogen-bond acceptors (Lipinski definition) is 5. The molecular formula is C78H86BN3O2. The Morgan fingerprint density at radius 1 is 0.417 bits per heavy atom. The van der Waals surface area contributed by atoms with Crippen LogP contribution in [-0.4, -0.2) is 12.3 Å². The second-order valence-electron chi connectivity index (χ2n) is 31.8. The summed E-state index contributed by atoms with van der Waals surface area (Å²) in [4.78, 5) is 8.10. The number of para-hydroxylation sites is 1. The SMILES string of the molecule is CC(C)(C)c1ccc(N2c3cc(N4c5ccccc5C5(C)CCCCC45C)cc4c3B(c3oc5cc6c(cc5c32)C(C)(C)CCC6(C)C)c2oc3cc5c(cc3c2N4c2ccc(C(C)(C)C)cc2-c2ccccc2)C(C)(C)CCC5(C)C)cc1. The zero-order valence-corrected chi connectivity index (χ0v) is 53.1. The molecule has 6 heteroatoms. The van der Waals surface area contributed by atoms with Crippen molar-refractivity contribution in [3.8, 4) is 11.1 Å². The van der Waals surface area contributed by atoms with Gasteiger partial charge in [0.1, 0.15) is 22.5 Å². The van der Waals surface area contributed by atoms with Gasteiger partial charge in [-0.2, -0.15) is 0 Å². The normalized spacial score (nSPS) is 22.3. The summed E-state index contributed by atoms with van der Waals surface area (Å²) < 4.78 is 15.8. The summed E-state index contributed by atoms with van der Waals surface area (Å²) in [5, 5.41) is 2.31. The molecule has 7 aromatic carbocycles. The predicted octanol–water partition coefficient (Wildman–Crippen LogP) is 20.0. The number of nitrogens with zero attached hydrogens (tertiary/aromatic N) is 3. The lowest BCUT2D eigenvalue weighted by atomic mass is 9.37. The number of furan rings is 2. The average molecular weight is 1110 g/mol. The molecule has 5 heterocycles. The quantitative estimate of drug-likeness (QED) is 0.164. The molecular weight excluding hydrogens is 1020 g/mol. The van der Waals surface area contributed by atoms with Crippen LogP contribution in [0.2, 0.25) is 0 Å². The standard InChI is InChI=1S/C78H86BN3O2/c1-71(2,3)48-28-31-50(32-29-48)80-62-41-51(82-61-27-21-20-26-55(61)77(15)34-22-23-35-78(77,82)16)42-63-66(62)79(69-67(80)53-43-56-58(45-64(53)83-69)75(11,12)38-36-73(56,7)8)70-68(54-44-57-59(46-65(54)84-70)76(13,14)39-37-74(57,9)10)81(63)60-33-30-49(72(4,5)6)40-52(60)47-24-18-17-19-25-47/h17-21,24-33,40-46H,22-23,34-39H2,1-16H3. The Bertz CT molecular complexity index is 4230. The van der Waals surface area contributed by atoms with Crippen LogP contribution >= 0.6 is 0 Å². The molecule has 0 N–H and O–H groups in total. The Kier molecular flexibility index (Phi) is 11.1. The van der Waals surface area contributed by atoms with Gasteiger partial charge in [-0.05, 0) is 195 Å². The van der Waals surface area contributed by atoms with Crippen LogP contribution in [0, 0.1) is 0 Å². The first kappa shape index (κ1) is 53.8. The third-order valence-corrected chi connectivity index (χ3v) is 22.6. The third-order valence-electron chi connectivity index (χ3n) is 22.6. The number of hydrogen-bond donors (Lipinski definition) is 0. The maximum Gasteiger partial charge on any atom is 0.342 e. The Labute approximate surface area is 500 Å². The minimum atomic E-state index is -0.373. The summed E-state index contributed by atoms with van der Waals surface area (Å²) in [6.07, 6.45) is 9.17. The minimum absolute atomic E-state index is 0.00743. The lowest BCUT2D eigenvalue weighted by Gasteiger charge is -2.51. The highest BCUT2D eigenvalue weighted by Crippen LogP contribution is 2.63. The molecule has 3 aliphatic carbocycles. The van der Waals surface area contributed by atoms with E-state index >= 15 is 0 Å². The fourth-order valence-electron chi connectivity index (χ4n) is 17.0. The molecule has 0 amide bonds. The van der Waals surface area contributed by atoms with Crippen molar-refractivity contribution in [2.24, 2.45) is 0 Å². The monoisotopic (exact) mass is 1110 g/mol. The van der Waals surface area contributed by atoms with Crippen LogP contribution < -0.4 is 31.5 Å². The smallest absolute Gasteiger partial charge is 0.342 e. The van der Waals surface area contributed by atoms with Gasteiger partial charge in [0.15, 0.2) is 0 Å². The number of benzene rings is 7. The maximum absolute atomic E-state index is 7.90. The first-order chi connectivity index (χ1) is 39.6. The average Bonchev–Trinajstić information content (AvgIpc) is 1.45. The van der Waals surface area contributed by atoms with Gasteiger partial charge in [0.2, 0.25) is 0 Å². The van der Waals surface area contributed by atoms with Crippen LogP contribution in [0.3, 0.4) is 0 Å². The van der Waals surface area contributed by atoms with Crippen LogP contribution in [0.25, 0.3) is 33.1 Å². The highest BCUT2D eigenvalue weighted by atomic mass is 16.3. The van der Waals surface area contributed by atoms with Gasteiger partial charge in [-0.1, -0.05) is 183 Å². The van der Waals surface area contributed by atoms with E-state index in [1.54, 1.807) is 0 Å². The Morgan fingerprint density at radius 2 is 0.905 bits per heavy atom. The largest absolute Gasteiger partial charge is 0.468 e. The summed E-state index contributed by atoms with van der Waals surface area (Å²) in [5.41, 5.74) is 26.0. The molecule has 9 aromatic rings. The van der Waals surface area contributed by atoms with E-state index < -0.39 is 0 Å².